The predicted molar refractivity (Wildman–Crippen MR) is 83.4 cm³/mol. The van der Waals surface area contributed by atoms with E-state index in [1.165, 1.54) is 0 Å². The third-order valence-electron chi connectivity index (χ3n) is 3.53. The molecule has 0 aliphatic carbocycles. The number of carbonyl (C=O) groups excluding carboxylic acids is 1. The molecule has 0 N–H and O–H groups in total. The lowest BCUT2D eigenvalue weighted by Gasteiger charge is -2.32. The molecule has 0 aliphatic heterocycles. The predicted octanol–water partition coefficient (Wildman–Crippen LogP) is 4.32. The first-order chi connectivity index (χ1) is 9.52. The Kier molecular flexibility index (Phi) is 6.40. The van der Waals surface area contributed by atoms with E-state index in [4.69, 9.17) is 4.74 Å². The molecule has 0 amide bonds. The van der Waals surface area contributed by atoms with Crippen LogP contribution in [-0.2, 0) is 16.1 Å². The molecule has 1 aromatic carbocycles. The summed E-state index contributed by atoms with van der Waals surface area (Å²) in [7, 11) is 0. The summed E-state index contributed by atoms with van der Waals surface area (Å²) in [5.74, 6) is 0.146. The molecule has 0 spiro atoms. The molecule has 1 atom stereocenters. The van der Waals surface area contributed by atoms with Crippen LogP contribution in [0.5, 0.6) is 0 Å². The van der Waals surface area contributed by atoms with Crippen molar-refractivity contribution in [2.45, 2.75) is 39.4 Å². The lowest BCUT2D eigenvalue weighted by molar-refractivity contribution is -0.136. The van der Waals surface area contributed by atoms with E-state index in [1.807, 2.05) is 44.2 Å². The second-order valence-electron chi connectivity index (χ2n) is 5.45. The monoisotopic (exact) mass is 272 g/mol. The first-order valence-electron chi connectivity index (χ1n) is 6.93. The van der Waals surface area contributed by atoms with Gasteiger partial charge in [-0.05, 0) is 12.0 Å². The summed E-state index contributed by atoms with van der Waals surface area (Å²) in [6.07, 6.45) is 4.30. The van der Waals surface area contributed by atoms with Crippen molar-refractivity contribution in [3.63, 3.8) is 0 Å². The van der Waals surface area contributed by atoms with Crippen molar-refractivity contribution in [2.75, 3.05) is 0 Å². The Morgan fingerprint density at radius 1 is 1.25 bits per heavy atom. The lowest BCUT2D eigenvalue weighted by atomic mass is 9.79. The van der Waals surface area contributed by atoms with Crippen LogP contribution in [0.3, 0.4) is 0 Å². The van der Waals surface area contributed by atoms with Crippen LogP contribution in [0, 0.1) is 5.41 Å². The average Bonchev–Trinajstić information content (AvgIpc) is 2.44. The number of Topliss-reactive ketones (excluding diaryl/α,β-unsaturated/α-hetero) is 1. The van der Waals surface area contributed by atoms with Crippen LogP contribution in [-0.4, -0.2) is 11.9 Å². The van der Waals surface area contributed by atoms with E-state index >= 15 is 0 Å². The summed E-state index contributed by atoms with van der Waals surface area (Å²) < 4.78 is 5.97. The molecule has 0 radical (unpaired) electrons. The van der Waals surface area contributed by atoms with Gasteiger partial charge in [0, 0.05) is 6.42 Å². The highest BCUT2D eigenvalue weighted by molar-refractivity contribution is 5.85. The topological polar surface area (TPSA) is 26.3 Å². The number of rotatable bonds is 9. The molecule has 108 valence electrons. The third-order valence-corrected chi connectivity index (χ3v) is 3.53. The Hall–Kier alpha value is -1.67. The van der Waals surface area contributed by atoms with E-state index in [9.17, 15) is 4.79 Å². The fraction of sp³-hybridized carbons (Fsp3) is 0.389. The van der Waals surface area contributed by atoms with Gasteiger partial charge in [-0.2, -0.15) is 0 Å². The van der Waals surface area contributed by atoms with Gasteiger partial charge >= 0.3 is 0 Å². The maximum atomic E-state index is 12.2. The molecule has 0 bridgehead atoms. The minimum atomic E-state index is -0.544. The van der Waals surface area contributed by atoms with Gasteiger partial charge in [-0.3, -0.25) is 4.79 Å². The molecule has 1 aromatic rings. The number of carbonyl (C=O) groups is 1. The summed E-state index contributed by atoms with van der Waals surface area (Å²) in [5.41, 5.74) is 0.561. The largest absolute Gasteiger partial charge is 0.372 e. The van der Waals surface area contributed by atoms with Crippen molar-refractivity contribution in [3.05, 3.63) is 61.2 Å². The maximum Gasteiger partial charge on any atom is 0.144 e. The third kappa shape index (κ3) is 4.46. The molecule has 20 heavy (non-hydrogen) atoms. The normalized spacial score (nSPS) is 12.7. The smallest absolute Gasteiger partial charge is 0.144 e. The Morgan fingerprint density at radius 2 is 1.90 bits per heavy atom. The number of ether oxygens (including phenoxy) is 1. The van der Waals surface area contributed by atoms with Gasteiger partial charge < -0.3 is 4.74 Å². The molecule has 0 saturated heterocycles. The van der Waals surface area contributed by atoms with E-state index in [2.05, 4.69) is 13.2 Å². The Balaban J connectivity index is 2.74. The van der Waals surface area contributed by atoms with Gasteiger partial charge in [-0.25, -0.2) is 0 Å². The summed E-state index contributed by atoms with van der Waals surface area (Å²) in [5, 5.41) is 0. The highest BCUT2D eigenvalue weighted by Gasteiger charge is 2.35. The van der Waals surface area contributed by atoms with Crippen LogP contribution >= 0.6 is 0 Å². The Morgan fingerprint density at radius 3 is 2.45 bits per heavy atom. The second kappa shape index (κ2) is 7.81. The number of benzene rings is 1. The van der Waals surface area contributed by atoms with Crippen LogP contribution in [0.2, 0.25) is 0 Å². The van der Waals surface area contributed by atoms with Crippen LogP contribution in [0.4, 0.5) is 0 Å². The van der Waals surface area contributed by atoms with Crippen LogP contribution in [0.15, 0.2) is 55.6 Å². The van der Waals surface area contributed by atoms with Gasteiger partial charge in [0.25, 0.3) is 0 Å². The van der Waals surface area contributed by atoms with Crippen molar-refractivity contribution in [2.24, 2.45) is 5.41 Å². The molecule has 0 unspecified atom stereocenters. The van der Waals surface area contributed by atoms with Crippen molar-refractivity contribution >= 4 is 5.78 Å². The van der Waals surface area contributed by atoms with Gasteiger partial charge in [-0.1, -0.05) is 56.3 Å². The van der Waals surface area contributed by atoms with Crippen molar-refractivity contribution in [3.8, 4) is 0 Å². The highest BCUT2D eigenvalue weighted by atomic mass is 16.5. The van der Waals surface area contributed by atoms with Gasteiger partial charge in [0.15, 0.2) is 0 Å². The second-order valence-corrected chi connectivity index (χ2v) is 5.45. The quantitative estimate of drug-likeness (QED) is 0.626. The van der Waals surface area contributed by atoms with Crippen LogP contribution in [0.25, 0.3) is 0 Å². The van der Waals surface area contributed by atoms with E-state index in [0.29, 0.717) is 19.4 Å². The summed E-state index contributed by atoms with van der Waals surface area (Å²) >= 11 is 0. The maximum absolute atomic E-state index is 12.2. The number of hydrogen-bond acceptors (Lipinski definition) is 2. The standard InChI is InChI=1S/C18H24O2/c1-5-10-16(19)18(3,4)17(11-6-2)20-14-15-12-8-7-9-13-15/h5-9,12-13,17H,1-2,10-11,14H2,3-4H3/t17-/m1/s1. The van der Waals surface area contributed by atoms with Crippen molar-refractivity contribution in [1.29, 1.82) is 0 Å². The number of allylic oxidation sites excluding steroid dienone is 1. The summed E-state index contributed by atoms with van der Waals surface area (Å²) in [4.78, 5) is 12.2. The molecular weight excluding hydrogens is 248 g/mol. The molecule has 1 rings (SSSR count). The zero-order valence-electron chi connectivity index (χ0n) is 12.5. The number of hydrogen-bond donors (Lipinski definition) is 0. The molecule has 0 aliphatic rings. The Bertz CT molecular complexity index is 446. The fourth-order valence-corrected chi connectivity index (χ4v) is 2.07. The van der Waals surface area contributed by atoms with Gasteiger partial charge in [0.1, 0.15) is 5.78 Å². The molecule has 0 saturated carbocycles. The molecule has 2 nitrogen and oxygen atoms in total. The average molecular weight is 272 g/mol. The highest BCUT2D eigenvalue weighted by Crippen LogP contribution is 2.29. The van der Waals surface area contributed by atoms with Crippen LogP contribution in [0.1, 0.15) is 32.3 Å². The van der Waals surface area contributed by atoms with Crippen molar-refractivity contribution < 1.29 is 9.53 Å². The van der Waals surface area contributed by atoms with Gasteiger partial charge in [0.05, 0.1) is 18.1 Å². The zero-order chi connectivity index (χ0) is 15.0. The first-order valence-corrected chi connectivity index (χ1v) is 6.93. The van der Waals surface area contributed by atoms with Gasteiger partial charge in [0.2, 0.25) is 0 Å². The minimum Gasteiger partial charge on any atom is -0.372 e. The fourth-order valence-electron chi connectivity index (χ4n) is 2.07. The summed E-state index contributed by atoms with van der Waals surface area (Å²) in [6, 6.07) is 9.97. The SMILES string of the molecule is C=CCC(=O)C(C)(C)[C@@H](CC=C)OCc1ccccc1. The summed E-state index contributed by atoms with van der Waals surface area (Å²) in [6.45, 7) is 11.8. The Labute approximate surface area is 122 Å². The van der Waals surface area contributed by atoms with E-state index in [0.717, 1.165) is 5.56 Å². The van der Waals surface area contributed by atoms with Gasteiger partial charge in [-0.15, -0.1) is 13.2 Å². The van der Waals surface area contributed by atoms with E-state index < -0.39 is 5.41 Å². The zero-order valence-corrected chi connectivity index (χ0v) is 12.5. The van der Waals surface area contributed by atoms with Crippen LogP contribution < -0.4 is 0 Å². The molecular formula is C18H24O2. The molecule has 0 fully saturated rings. The van der Waals surface area contributed by atoms with E-state index in [1.54, 1.807) is 12.2 Å². The van der Waals surface area contributed by atoms with E-state index in [-0.39, 0.29) is 11.9 Å². The lowest BCUT2D eigenvalue weighted by Crippen LogP contribution is -2.38. The molecule has 0 heterocycles. The van der Waals surface area contributed by atoms with Crippen molar-refractivity contribution in [1.82, 2.24) is 0 Å². The minimum absolute atomic E-state index is 0.146. The number of ketones is 1. The first kappa shape index (κ1) is 16.4. The molecule has 0 aromatic heterocycles. The molecule has 2 heteroatoms.